The van der Waals surface area contributed by atoms with Crippen molar-refractivity contribution in [3.63, 3.8) is 0 Å². The molecule has 2 fully saturated rings. The summed E-state index contributed by atoms with van der Waals surface area (Å²) in [6.07, 6.45) is 1.52. The maximum absolute atomic E-state index is 12.9. The lowest BCUT2D eigenvalue weighted by Crippen LogP contribution is -2.42. The zero-order valence-electron chi connectivity index (χ0n) is 24.0. The lowest BCUT2D eigenvalue weighted by atomic mass is 9.79. The number of carbonyl (C=O) groups excluding carboxylic acids is 1. The first-order valence-corrected chi connectivity index (χ1v) is 12.6. The van der Waals surface area contributed by atoms with Crippen molar-refractivity contribution >= 4 is 19.2 Å². The minimum absolute atomic E-state index is 0.0489. The molecule has 0 bridgehead atoms. The average molecular weight is 443 g/mol. The highest BCUT2D eigenvalue weighted by molar-refractivity contribution is 7.58. The van der Waals surface area contributed by atoms with Crippen LogP contribution in [-0.2, 0) is 20.5 Å². The molecule has 3 atom stereocenters. The highest BCUT2D eigenvalue weighted by atomic mass is 31.2. The molecular formula is C23H34NO5P. The number of hydrogen-bond acceptors (Lipinski definition) is 3. The van der Waals surface area contributed by atoms with Crippen molar-refractivity contribution < 1.29 is 33.7 Å². The largest absolute Gasteiger partial charge is 0.480 e. The van der Waals surface area contributed by atoms with Crippen LogP contribution < -0.4 is 0 Å². The molecule has 1 heterocycles. The van der Waals surface area contributed by atoms with Gasteiger partial charge in [0.25, 0.3) is 0 Å². The Bertz CT molecular complexity index is 1070. The third-order valence-electron chi connectivity index (χ3n) is 6.12. The molecule has 3 rings (SSSR count). The van der Waals surface area contributed by atoms with Crippen LogP contribution in [0.3, 0.4) is 0 Å². The highest BCUT2D eigenvalue weighted by Gasteiger charge is 2.43. The van der Waals surface area contributed by atoms with Gasteiger partial charge in [0.1, 0.15) is 12.2 Å². The van der Waals surface area contributed by atoms with Gasteiger partial charge in [0.05, 0.1) is 6.85 Å². The van der Waals surface area contributed by atoms with E-state index in [9.17, 15) is 24.2 Å². The van der Waals surface area contributed by atoms with Gasteiger partial charge >= 0.3 is 5.97 Å². The number of carboxylic acids is 1. The molecule has 1 aromatic rings. The van der Waals surface area contributed by atoms with E-state index < -0.39 is 86.2 Å². The minimum atomic E-state index is -4.09. The summed E-state index contributed by atoms with van der Waals surface area (Å²) in [4.78, 5) is 36.4. The van der Waals surface area contributed by atoms with Crippen LogP contribution in [0.15, 0.2) is 30.2 Å². The molecule has 1 aromatic carbocycles. The summed E-state index contributed by atoms with van der Waals surface area (Å²) >= 11 is 0. The van der Waals surface area contributed by atoms with Crippen molar-refractivity contribution in [1.82, 2.24) is 4.90 Å². The van der Waals surface area contributed by atoms with Crippen LogP contribution in [0, 0.1) is 11.8 Å². The monoisotopic (exact) mass is 442 g/mol. The second-order valence-electron chi connectivity index (χ2n) is 8.30. The van der Waals surface area contributed by atoms with E-state index in [0.717, 1.165) is 32.1 Å². The molecule has 7 heteroatoms. The summed E-state index contributed by atoms with van der Waals surface area (Å²) in [5, 5.41) is 9.65. The molecular weight excluding hydrogens is 401 g/mol. The summed E-state index contributed by atoms with van der Waals surface area (Å²) in [5.41, 5.74) is -0.516. The van der Waals surface area contributed by atoms with E-state index in [4.69, 9.17) is 9.60 Å². The van der Waals surface area contributed by atoms with Gasteiger partial charge in [-0.15, -0.1) is 0 Å². The van der Waals surface area contributed by atoms with Gasteiger partial charge in [-0.05, 0) is 43.0 Å². The molecule has 0 aromatic heterocycles. The fourth-order valence-corrected chi connectivity index (χ4v) is 6.00. The number of rotatable bonds is 9. The molecule has 1 aliphatic carbocycles. The fourth-order valence-electron chi connectivity index (χ4n) is 4.58. The van der Waals surface area contributed by atoms with Crippen LogP contribution in [0.2, 0.25) is 0 Å². The van der Waals surface area contributed by atoms with Gasteiger partial charge in [0.2, 0.25) is 13.3 Å². The lowest BCUT2D eigenvalue weighted by Gasteiger charge is -2.27. The molecule has 1 saturated carbocycles. The van der Waals surface area contributed by atoms with E-state index >= 15 is 0 Å². The Morgan fingerprint density at radius 2 is 1.83 bits per heavy atom. The Labute approximate surface area is 189 Å². The van der Waals surface area contributed by atoms with Crippen molar-refractivity contribution in [2.75, 3.05) is 18.9 Å². The van der Waals surface area contributed by atoms with Gasteiger partial charge in [-0.1, -0.05) is 62.3 Å². The molecule has 0 spiro atoms. The molecule has 0 radical (unpaired) electrons. The number of carbonyl (C=O) groups is 2. The predicted octanol–water partition coefficient (Wildman–Crippen LogP) is 4.16. The summed E-state index contributed by atoms with van der Waals surface area (Å²) in [5.74, 6) is -1.44. The van der Waals surface area contributed by atoms with Gasteiger partial charge in [0.15, 0.2) is 0 Å². The van der Waals surface area contributed by atoms with E-state index in [2.05, 4.69) is 0 Å². The first-order chi connectivity index (χ1) is 17.2. The Kier molecular flexibility index (Phi) is 5.37. The van der Waals surface area contributed by atoms with Crippen LogP contribution in [0.5, 0.6) is 0 Å². The second-order valence-corrected chi connectivity index (χ2v) is 10.8. The predicted molar refractivity (Wildman–Crippen MR) is 117 cm³/mol. The SMILES string of the molecule is [2H]c1c([2H])c([2H])c(C([2H])([2H])CCCP(=O)(O)CC(=O)N2C[C@@H](C3CCCCC3)C[C@@H]2C(=O)O)c([2H])c1[2H]. The smallest absolute Gasteiger partial charge is 0.326 e. The van der Waals surface area contributed by atoms with E-state index in [0.29, 0.717) is 12.3 Å². The van der Waals surface area contributed by atoms with Crippen molar-refractivity contribution in [3.05, 3.63) is 35.8 Å². The number of aliphatic carboxylic acids is 1. The van der Waals surface area contributed by atoms with Gasteiger partial charge in [-0.25, -0.2) is 4.79 Å². The van der Waals surface area contributed by atoms with Crippen molar-refractivity contribution in [1.29, 1.82) is 0 Å². The normalized spacial score (nSPS) is 28.3. The van der Waals surface area contributed by atoms with Crippen molar-refractivity contribution in [2.45, 2.75) is 63.8 Å². The molecule has 1 amide bonds. The third kappa shape index (κ3) is 6.42. The van der Waals surface area contributed by atoms with E-state index in [-0.39, 0.29) is 18.9 Å². The van der Waals surface area contributed by atoms with Crippen LogP contribution >= 0.6 is 7.37 Å². The summed E-state index contributed by atoms with van der Waals surface area (Å²) in [6.45, 7) is 0.248. The van der Waals surface area contributed by atoms with E-state index in [1.54, 1.807) is 0 Å². The number of likely N-dealkylation sites (tertiary alicyclic amines) is 1. The van der Waals surface area contributed by atoms with E-state index in [1.807, 2.05) is 0 Å². The number of hydrogen-bond donors (Lipinski definition) is 2. The quantitative estimate of drug-likeness (QED) is 0.560. The number of benzene rings is 1. The molecule has 166 valence electrons. The molecule has 6 nitrogen and oxygen atoms in total. The minimum Gasteiger partial charge on any atom is -0.480 e. The third-order valence-corrected chi connectivity index (χ3v) is 7.90. The fraction of sp³-hybridized carbons (Fsp3) is 0.652. The van der Waals surface area contributed by atoms with Crippen molar-refractivity contribution in [2.24, 2.45) is 11.8 Å². The van der Waals surface area contributed by atoms with Crippen molar-refractivity contribution in [3.8, 4) is 0 Å². The van der Waals surface area contributed by atoms with Gasteiger partial charge in [-0.2, -0.15) is 0 Å². The second kappa shape index (κ2) is 10.6. The molecule has 1 aliphatic heterocycles. The number of nitrogens with zero attached hydrogens (tertiary/aromatic N) is 1. The summed E-state index contributed by atoms with van der Waals surface area (Å²) < 4.78 is 68.4. The average Bonchev–Trinajstić information content (AvgIpc) is 3.28. The highest BCUT2D eigenvalue weighted by Crippen LogP contribution is 2.43. The first-order valence-electron chi connectivity index (χ1n) is 14.1. The maximum atomic E-state index is 12.9. The standard InChI is InChI=1S/C23H34NO5P/c25-22(17-30(28,29)14-8-7-11-18-9-3-1-4-10-18)24-16-20(15-21(24)23(26)27)19-12-5-2-6-13-19/h1,3-4,9-10,19-21H,2,5-8,11-17H2,(H,26,27)(H,28,29)/t20-,21+/m0/s1/i1D,3D,4D,9D,10D,11D2. The Balaban J connectivity index is 1.63. The summed E-state index contributed by atoms with van der Waals surface area (Å²) in [7, 11) is -4.09. The van der Waals surface area contributed by atoms with Crippen LogP contribution in [0.25, 0.3) is 0 Å². The molecule has 30 heavy (non-hydrogen) atoms. The Morgan fingerprint density at radius 3 is 2.50 bits per heavy atom. The van der Waals surface area contributed by atoms with Crippen LogP contribution in [0.1, 0.15) is 66.5 Å². The zero-order valence-corrected chi connectivity index (χ0v) is 17.9. The molecule has 1 saturated heterocycles. The van der Waals surface area contributed by atoms with Gasteiger partial charge in [-0.3, -0.25) is 9.36 Å². The Morgan fingerprint density at radius 1 is 1.13 bits per heavy atom. The first kappa shape index (κ1) is 15.2. The zero-order chi connectivity index (χ0) is 27.7. The topological polar surface area (TPSA) is 94.9 Å². The molecule has 2 N–H and O–H groups in total. The maximum Gasteiger partial charge on any atom is 0.326 e. The Hall–Kier alpha value is -1.65. The van der Waals surface area contributed by atoms with Crippen LogP contribution in [-0.4, -0.2) is 51.7 Å². The lowest BCUT2D eigenvalue weighted by molar-refractivity contribution is -0.147. The van der Waals surface area contributed by atoms with Gasteiger partial charge in [0, 0.05) is 15.4 Å². The number of carboxylic acid groups (broad SMARTS) is 1. The number of amides is 1. The van der Waals surface area contributed by atoms with E-state index in [1.165, 1.54) is 4.90 Å². The van der Waals surface area contributed by atoms with Gasteiger partial charge < -0.3 is 14.9 Å². The van der Waals surface area contributed by atoms with Crippen LogP contribution in [0.4, 0.5) is 0 Å². The molecule has 1 unspecified atom stereocenters. The molecule has 2 aliphatic rings. The summed E-state index contributed by atoms with van der Waals surface area (Å²) in [6, 6.07) is -4.33.